The fourth-order valence-corrected chi connectivity index (χ4v) is 2.02. The Morgan fingerprint density at radius 2 is 2.21 bits per heavy atom. The lowest BCUT2D eigenvalue weighted by molar-refractivity contribution is 0.0883. The van der Waals surface area contributed by atoms with Crippen LogP contribution in [0.25, 0.3) is 0 Å². The normalized spacial score (nSPS) is 29.4. The van der Waals surface area contributed by atoms with Gasteiger partial charge in [-0.3, -0.25) is 0 Å². The predicted molar refractivity (Wildman–Crippen MR) is 61.0 cm³/mol. The monoisotopic (exact) mass is 219 g/mol. The Morgan fingerprint density at radius 1 is 1.43 bits per heavy atom. The highest BCUT2D eigenvalue weighted by atomic mass is 35.5. The van der Waals surface area contributed by atoms with Crippen LogP contribution < -0.4 is 0 Å². The second-order valence-electron chi connectivity index (χ2n) is 4.19. The smallest absolute Gasteiger partial charge is 0.0593 e. The van der Waals surface area contributed by atoms with Crippen molar-refractivity contribution in [3.8, 4) is 0 Å². The van der Waals surface area contributed by atoms with Crippen molar-refractivity contribution >= 4 is 11.6 Å². The van der Waals surface area contributed by atoms with Crippen LogP contribution in [0.2, 0.25) is 0 Å². The largest absolute Gasteiger partial charge is 0.380 e. The molecule has 0 bridgehead atoms. The fourth-order valence-electron chi connectivity index (χ4n) is 1.85. The molecule has 0 saturated carbocycles. The van der Waals surface area contributed by atoms with Crippen LogP contribution in [-0.4, -0.2) is 43.1 Å². The Labute approximate surface area is 92.6 Å². The summed E-state index contributed by atoms with van der Waals surface area (Å²) in [6, 6.07) is 0. The molecule has 1 fully saturated rings. The summed E-state index contributed by atoms with van der Waals surface area (Å²) in [5.41, 5.74) is 0. The SMILES string of the molecule is CCCOCCN1CCC(Cl)C(C)C1. The number of alkyl halides is 1. The fraction of sp³-hybridized carbons (Fsp3) is 1.00. The van der Waals surface area contributed by atoms with Crippen LogP contribution in [0.1, 0.15) is 26.7 Å². The second-order valence-corrected chi connectivity index (χ2v) is 4.76. The van der Waals surface area contributed by atoms with Crippen LogP contribution in [0.3, 0.4) is 0 Å². The van der Waals surface area contributed by atoms with Crippen molar-refractivity contribution in [2.45, 2.75) is 32.1 Å². The molecule has 0 aromatic carbocycles. The molecule has 0 aliphatic carbocycles. The summed E-state index contributed by atoms with van der Waals surface area (Å²) in [7, 11) is 0. The quantitative estimate of drug-likeness (QED) is 0.520. The number of hydrogen-bond acceptors (Lipinski definition) is 2. The number of rotatable bonds is 5. The van der Waals surface area contributed by atoms with E-state index in [1.807, 2.05) is 0 Å². The molecule has 2 unspecified atom stereocenters. The second kappa shape index (κ2) is 6.65. The van der Waals surface area contributed by atoms with Gasteiger partial charge in [0.2, 0.25) is 0 Å². The first kappa shape index (κ1) is 12.3. The first-order valence-electron chi connectivity index (χ1n) is 5.68. The molecule has 1 rings (SSSR count). The highest BCUT2D eigenvalue weighted by molar-refractivity contribution is 6.20. The van der Waals surface area contributed by atoms with Crippen molar-refractivity contribution < 1.29 is 4.74 Å². The third-order valence-corrected chi connectivity index (χ3v) is 3.43. The van der Waals surface area contributed by atoms with Crippen molar-refractivity contribution in [1.82, 2.24) is 4.90 Å². The average Bonchev–Trinajstić information content (AvgIpc) is 2.18. The summed E-state index contributed by atoms with van der Waals surface area (Å²) in [5, 5.41) is 0.378. The van der Waals surface area contributed by atoms with E-state index >= 15 is 0 Å². The van der Waals surface area contributed by atoms with Crippen molar-refractivity contribution in [3.05, 3.63) is 0 Å². The van der Waals surface area contributed by atoms with Crippen molar-refractivity contribution in [1.29, 1.82) is 0 Å². The molecule has 0 aromatic heterocycles. The van der Waals surface area contributed by atoms with Gasteiger partial charge in [-0.05, 0) is 25.3 Å². The molecule has 0 radical (unpaired) electrons. The predicted octanol–water partition coefficient (Wildman–Crippen LogP) is 2.36. The molecule has 2 atom stereocenters. The van der Waals surface area contributed by atoms with Crippen LogP contribution in [0.4, 0.5) is 0 Å². The zero-order chi connectivity index (χ0) is 10.4. The summed E-state index contributed by atoms with van der Waals surface area (Å²) in [4.78, 5) is 2.46. The Kier molecular flexibility index (Phi) is 5.83. The number of nitrogens with zero attached hydrogens (tertiary/aromatic N) is 1. The van der Waals surface area contributed by atoms with Gasteiger partial charge >= 0.3 is 0 Å². The van der Waals surface area contributed by atoms with Gasteiger partial charge in [0.15, 0.2) is 0 Å². The van der Waals surface area contributed by atoms with E-state index in [-0.39, 0.29) is 0 Å². The summed E-state index contributed by atoms with van der Waals surface area (Å²) < 4.78 is 5.47. The third kappa shape index (κ3) is 4.16. The maximum atomic E-state index is 6.16. The van der Waals surface area contributed by atoms with Gasteiger partial charge in [-0.25, -0.2) is 0 Å². The molecule has 0 amide bonds. The van der Waals surface area contributed by atoms with Crippen LogP contribution in [0.15, 0.2) is 0 Å². The van der Waals surface area contributed by atoms with Crippen LogP contribution >= 0.6 is 11.6 Å². The Balaban J connectivity index is 2.07. The molecule has 0 aromatic rings. The van der Waals surface area contributed by atoms with Crippen molar-refractivity contribution in [2.75, 3.05) is 32.8 Å². The van der Waals surface area contributed by atoms with E-state index in [4.69, 9.17) is 16.3 Å². The molecular weight excluding hydrogens is 198 g/mol. The summed E-state index contributed by atoms with van der Waals surface area (Å²) >= 11 is 6.16. The number of hydrogen-bond donors (Lipinski definition) is 0. The molecule has 14 heavy (non-hydrogen) atoms. The van der Waals surface area contributed by atoms with Gasteiger partial charge in [-0.2, -0.15) is 0 Å². The molecule has 1 heterocycles. The van der Waals surface area contributed by atoms with Gasteiger partial charge in [0.05, 0.1) is 6.61 Å². The first-order valence-corrected chi connectivity index (χ1v) is 6.11. The average molecular weight is 220 g/mol. The standard InChI is InChI=1S/C11H22ClNO/c1-3-7-14-8-6-13-5-4-11(12)10(2)9-13/h10-11H,3-9H2,1-2H3. The molecule has 0 N–H and O–H groups in total. The number of piperidine rings is 1. The molecule has 0 spiro atoms. The third-order valence-electron chi connectivity index (χ3n) is 2.79. The van der Waals surface area contributed by atoms with E-state index in [1.165, 1.54) is 0 Å². The van der Waals surface area contributed by atoms with Gasteiger partial charge in [-0.1, -0.05) is 13.8 Å². The molecule has 1 aliphatic heterocycles. The van der Waals surface area contributed by atoms with Gasteiger partial charge < -0.3 is 9.64 Å². The van der Waals surface area contributed by atoms with Crippen molar-refractivity contribution in [3.63, 3.8) is 0 Å². The molecule has 3 heteroatoms. The Bertz CT molecular complexity index is 154. The summed E-state index contributed by atoms with van der Waals surface area (Å²) in [6.45, 7) is 9.46. The van der Waals surface area contributed by atoms with Crippen molar-refractivity contribution in [2.24, 2.45) is 5.92 Å². The number of halogens is 1. The first-order chi connectivity index (χ1) is 6.74. The molecular formula is C11H22ClNO. The number of likely N-dealkylation sites (tertiary alicyclic amines) is 1. The minimum Gasteiger partial charge on any atom is -0.380 e. The van der Waals surface area contributed by atoms with E-state index in [9.17, 15) is 0 Å². The summed E-state index contributed by atoms with van der Waals surface area (Å²) in [6.07, 6.45) is 2.23. The zero-order valence-electron chi connectivity index (χ0n) is 9.34. The molecule has 2 nitrogen and oxygen atoms in total. The Morgan fingerprint density at radius 3 is 2.86 bits per heavy atom. The minimum atomic E-state index is 0.378. The van der Waals surface area contributed by atoms with E-state index in [0.29, 0.717) is 11.3 Å². The molecule has 1 saturated heterocycles. The van der Waals surface area contributed by atoms with Gasteiger partial charge in [0.1, 0.15) is 0 Å². The zero-order valence-corrected chi connectivity index (χ0v) is 10.1. The van der Waals surface area contributed by atoms with Crippen LogP contribution in [0, 0.1) is 5.92 Å². The van der Waals surface area contributed by atoms with Gasteiger partial charge in [0, 0.05) is 25.1 Å². The van der Waals surface area contributed by atoms with Crippen LogP contribution in [0.5, 0.6) is 0 Å². The van der Waals surface area contributed by atoms with Gasteiger partial charge in [0.25, 0.3) is 0 Å². The number of ether oxygens (including phenoxy) is 1. The maximum Gasteiger partial charge on any atom is 0.0593 e. The van der Waals surface area contributed by atoms with E-state index in [2.05, 4.69) is 18.7 Å². The highest BCUT2D eigenvalue weighted by Crippen LogP contribution is 2.21. The summed E-state index contributed by atoms with van der Waals surface area (Å²) in [5.74, 6) is 0.622. The van der Waals surface area contributed by atoms with Crippen LogP contribution in [-0.2, 0) is 4.74 Å². The van der Waals surface area contributed by atoms with E-state index in [0.717, 1.165) is 45.7 Å². The minimum absolute atomic E-state index is 0.378. The highest BCUT2D eigenvalue weighted by Gasteiger charge is 2.23. The molecule has 84 valence electrons. The van der Waals surface area contributed by atoms with E-state index in [1.54, 1.807) is 0 Å². The lowest BCUT2D eigenvalue weighted by Gasteiger charge is -2.33. The lowest BCUT2D eigenvalue weighted by Crippen LogP contribution is -2.41. The van der Waals surface area contributed by atoms with E-state index < -0.39 is 0 Å². The maximum absolute atomic E-state index is 6.16. The Hall–Kier alpha value is 0.210. The lowest BCUT2D eigenvalue weighted by atomic mass is 10.00. The molecule has 1 aliphatic rings. The van der Waals surface area contributed by atoms with Gasteiger partial charge in [-0.15, -0.1) is 11.6 Å². The topological polar surface area (TPSA) is 12.5 Å².